The van der Waals surface area contributed by atoms with E-state index in [1.54, 1.807) is 38.1 Å². The molecule has 188 valence electrons. The first kappa shape index (κ1) is 24.1. The molecule has 8 nitrogen and oxygen atoms in total. The summed E-state index contributed by atoms with van der Waals surface area (Å²) >= 11 is 0. The van der Waals surface area contributed by atoms with Crippen molar-refractivity contribution in [3.8, 4) is 28.2 Å². The maximum atomic E-state index is 12.6. The molecular weight excluding hydrogens is 472 g/mol. The van der Waals surface area contributed by atoms with Crippen LogP contribution >= 0.6 is 0 Å². The lowest BCUT2D eigenvalue weighted by atomic mass is 9.93. The van der Waals surface area contributed by atoms with Gasteiger partial charge in [0.25, 0.3) is 0 Å². The molecule has 1 aromatic heterocycles. The van der Waals surface area contributed by atoms with Crippen LogP contribution in [0.25, 0.3) is 22.5 Å². The van der Waals surface area contributed by atoms with Crippen molar-refractivity contribution in [3.63, 3.8) is 0 Å². The topological polar surface area (TPSA) is 122 Å². The van der Waals surface area contributed by atoms with Crippen molar-refractivity contribution in [2.24, 2.45) is 0 Å². The van der Waals surface area contributed by atoms with Crippen LogP contribution in [0.15, 0.2) is 77.3 Å². The Labute approximate surface area is 213 Å². The number of benzene rings is 3. The van der Waals surface area contributed by atoms with Crippen LogP contribution in [0.3, 0.4) is 0 Å². The maximum absolute atomic E-state index is 12.6. The molecular formula is C29H26N2O6. The Hall–Kier alpha value is -4.59. The van der Waals surface area contributed by atoms with Crippen molar-refractivity contribution < 1.29 is 29.1 Å². The number of phenols is 1. The summed E-state index contributed by atoms with van der Waals surface area (Å²) in [7, 11) is 0. The number of aliphatic carboxylic acids is 1. The zero-order chi connectivity index (χ0) is 26.2. The van der Waals surface area contributed by atoms with Crippen LogP contribution in [-0.4, -0.2) is 27.4 Å². The second-order valence-electron chi connectivity index (χ2n) is 9.28. The number of carbonyl (C=O) groups excluding carboxylic acids is 1. The summed E-state index contributed by atoms with van der Waals surface area (Å²) in [4.78, 5) is 24.2. The minimum absolute atomic E-state index is 0.0944. The number of aromatic nitrogens is 1. The molecule has 8 heteroatoms. The number of anilines is 1. The molecule has 37 heavy (non-hydrogen) atoms. The second kappa shape index (κ2) is 9.46. The number of amides is 1. The van der Waals surface area contributed by atoms with Gasteiger partial charge in [0.15, 0.2) is 5.76 Å². The molecule has 0 spiro atoms. The summed E-state index contributed by atoms with van der Waals surface area (Å²) in [5.41, 5.74) is 4.33. The Morgan fingerprint density at radius 2 is 1.62 bits per heavy atom. The largest absolute Gasteiger partial charge is 0.508 e. The molecule has 4 aromatic rings. The number of rotatable bonds is 7. The quantitative estimate of drug-likeness (QED) is 0.268. The van der Waals surface area contributed by atoms with Crippen molar-refractivity contribution in [1.82, 2.24) is 5.16 Å². The maximum Gasteiger partial charge on any atom is 0.412 e. The van der Waals surface area contributed by atoms with Gasteiger partial charge in [-0.3, -0.25) is 10.1 Å². The zero-order valence-electron chi connectivity index (χ0n) is 20.4. The fourth-order valence-electron chi connectivity index (χ4n) is 4.40. The van der Waals surface area contributed by atoms with E-state index in [2.05, 4.69) is 10.5 Å². The van der Waals surface area contributed by atoms with Crippen molar-refractivity contribution >= 4 is 17.7 Å². The number of ether oxygens (including phenoxy) is 1. The van der Waals surface area contributed by atoms with Gasteiger partial charge in [0.2, 0.25) is 0 Å². The Bertz CT molecular complexity index is 1450. The summed E-state index contributed by atoms with van der Waals surface area (Å²) in [6.07, 6.45) is 0.0960. The van der Waals surface area contributed by atoms with Gasteiger partial charge in [-0.15, -0.1) is 0 Å². The molecule has 0 radical (unpaired) electrons. The molecule has 1 saturated carbocycles. The van der Waals surface area contributed by atoms with Crippen LogP contribution in [0.5, 0.6) is 5.75 Å². The fraction of sp³-hybridized carbons (Fsp3) is 0.207. The van der Waals surface area contributed by atoms with E-state index in [0.717, 1.165) is 22.3 Å². The van der Waals surface area contributed by atoms with E-state index in [-0.39, 0.29) is 5.75 Å². The molecule has 1 aliphatic rings. The minimum atomic E-state index is -0.769. The summed E-state index contributed by atoms with van der Waals surface area (Å²) in [6.45, 7) is 3.44. The number of hydrogen-bond donors (Lipinski definition) is 3. The van der Waals surface area contributed by atoms with E-state index in [0.29, 0.717) is 35.5 Å². The van der Waals surface area contributed by atoms with Gasteiger partial charge in [-0.25, -0.2) is 4.79 Å². The van der Waals surface area contributed by atoms with Gasteiger partial charge in [-0.1, -0.05) is 65.8 Å². The van der Waals surface area contributed by atoms with Crippen LogP contribution in [0.1, 0.15) is 42.7 Å². The predicted octanol–water partition coefficient (Wildman–Crippen LogP) is 6.45. The van der Waals surface area contributed by atoms with Gasteiger partial charge in [0, 0.05) is 5.56 Å². The van der Waals surface area contributed by atoms with E-state index < -0.39 is 23.6 Å². The first-order valence-electron chi connectivity index (χ1n) is 11.9. The van der Waals surface area contributed by atoms with Crippen LogP contribution in [0.2, 0.25) is 0 Å². The monoisotopic (exact) mass is 498 g/mol. The predicted molar refractivity (Wildman–Crippen MR) is 137 cm³/mol. The third kappa shape index (κ3) is 4.78. The van der Waals surface area contributed by atoms with Gasteiger partial charge in [-0.05, 0) is 61.1 Å². The van der Waals surface area contributed by atoms with E-state index in [1.165, 1.54) is 0 Å². The molecule has 3 N–H and O–H groups in total. The number of carboxylic acids is 1. The zero-order valence-corrected chi connectivity index (χ0v) is 20.4. The number of nitrogens with one attached hydrogen (secondary N) is 1. The number of nitrogens with zero attached hydrogens (tertiary/aromatic N) is 1. The summed E-state index contributed by atoms with van der Waals surface area (Å²) < 4.78 is 11.0. The van der Waals surface area contributed by atoms with Crippen molar-refractivity contribution in [2.75, 3.05) is 5.32 Å². The molecule has 1 amide bonds. The molecule has 1 heterocycles. The van der Waals surface area contributed by atoms with Gasteiger partial charge in [-0.2, -0.15) is 0 Å². The molecule has 5 rings (SSSR count). The van der Waals surface area contributed by atoms with Gasteiger partial charge < -0.3 is 19.5 Å². The summed E-state index contributed by atoms with van der Waals surface area (Å²) in [5.74, 6) is -0.274. The van der Waals surface area contributed by atoms with E-state index in [1.807, 2.05) is 48.5 Å². The highest BCUT2D eigenvalue weighted by Gasteiger charge is 2.51. The normalized spacial score (nSPS) is 14.5. The third-order valence-electron chi connectivity index (χ3n) is 6.79. The highest BCUT2D eigenvalue weighted by Crippen LogP contribution is 2.48. The Morgan fingerprint density at radius 3 is 2.22 bits per heavy atom. The van der Waals surface area contributed by atoms with Crippen LogP contribution in [0, 0.1) is 6.92 Å². The van der Waals surface area contributed by atoms with Crippen LogP contribution in [-0.2, 0) is 14.9 Å². The minimum Gasteiger partial charge on any atom is -0.508 e. The van der Waals surface area contributed by atoms with Gasteiger partial charge >= 0.3 is 12.1 Å². The highest BCUT2D eigenvalue weighted by atomic mass is 16.6. The molecule has 0 aliphatic heterocycles. The van der Waals surface area contributed by atoms with Crippen molar-refractivity contribution in [2.45, 2.75) is 38.2 Å². The number of aryl methyl sites for hydroxylation is 1. The van der Waals surface area contributed by atoms with E-state index in [4.69, 9.17) is 9.26 Å². The molecule has 0 bridgehead atoms. The average Bonchev–Trinajstić information content (AvgIpc) is 3.64. The Morgan fingerprint density at radius 1 is 1.00 bits per heavy atom. The SMILES string of the molecule is Cc1noc(-c2ccc(-c3ccc(C4(C(=O)O)CC4)cc3)cc2)c1NC(=O)O[C@H](C)c1cccc(O)c1. The number of hydrogen-bond acceptors (Lipinski definition) is 6. The average molecular weight is 499 g/mol. The molecule has 0 saturated heterocycles. The molecule has 0 unspecified atom stereocenters. The number of carbonyl (C=O) groups is 2. The molecule has 3 aromatic carbocycles. The number of aromatic hydroxyl groups is 1. The fourth-order valence-corrected chi connectivity index (χ4v) is 4.40. The first-order chi connectivity index (χ1) is 17.8. The van der Waals surface area contributed by atoms with Gasteiger partial charge in [0.1, 0.15) is 23.2 Å². The van der Waals surface area contributed by atoms with Crippen LogP contribution in [0.4, 0.5) is 10.5 Å². The number of carboxylic acid groups (broad SMARTS) is 1. The molecule has 1 fully saturated rings. The lowest BCUT2D eigenvalue weighted by Crippen LogP contribution is -2.19. The molecule has 1 aliphatic carbocycles. The standard InChI is InChI=1S/C29H26N2O6/c1-17-25(30-28(35)36-18(2)22-4-3-5-24(32)16-22)26(37-31-17)21-8-6-19(7-9-21)20-10-12-23(13-11-20)29(14-15-29)27(33)34/h3-13,16,18,32H,14-15H2,1-2H3,(H,30,35)(H,33,34)/t18-/m1/s1. The highest BCUT2D eigenvalue weighted by molar-refractivity contribution is 5.91. The first-order valence-corrected chi connectivity index (χ1v) is 11.9. The molecule has 1 atom stereocenters. The van der Waals surface area contributed by atoms with Crippen molar-refractivity contribution in [1.29, 1.82) is 0 Å². The van der Waals surface area contributed by atoms with E-state index >= 15 is 0 Å². The van der Waals surface area contributed by atoms with Crippen molar-refractivity contribution in [3.05, 3.63) is 89.6 Å². The third-order valence-corrected chi connectivity index (χ3v) is 6.79. The van der Waals surface area contributed by atoms with Gasteiger partial charge in [0.05, 0.1) is 5.41 Å². The Balaban J connectivity index is 1.30. The Kier molecular flexibility index (Phi) is 6.17. The second-order valence-corrected chi connectivity index (χ2v) is 9.28. The lowest BCUT2D eigenvalue weighted by molar-refractivity contribution is -0.140. The lowest BCUT2D eigenvalue weighted by Gasteiger charge is -2.14. The summed E-state index contributed by atoms with van der Waals surface area (Å²) in [5, 5.41) is 25.9. The number of phenolic OH excluding ortho intramolecular Hbond substituents is 1. The van der Waals surface area contributed by atoms with E-state index in [9.17, 15) is 19.8 Å². The summed E-state index contributed by atoms with van der Waals surface area (Å²) in [6, 6.07) is 21.8. The van der Waals surface area contributed by atoms with Crippen LogP contribution < -0.4 is 5.32 Å². The smallest absolute Gasteiger partial charge is 0.412 e.